The molecule has 20 heavy (non-hydrogen) atoms. The lowest BCUT2D eigenvalue weighted by Crippen LogP contribution is -2.31. The van der Waals surface area contributed by atoms with E-state index in [0.717, 1.165) is 13.6 Å². The van der Waals surface area contributed by atoms with Gasteiger partial charge in [-0.1, -0.05) is 30.3 Å². The lowest BCUT2D eigenvalue weighted by molar-refractivity contribution is 0.0915. The van der Waals surface area contributed by atoms with E-state index in [-0.39, 0.29) is 12.5 Å². The van der Waals surface area contributed by atoms with Gasteiger partial charge in [0.05, 0.1) is 18.2 Å². The van der Waals surface area contributed by atoms with Crippen molar-refractivity contribution in [3.05, 3.63) is 67.7 Å². The van der Waals surface area contributed by atoms with E-state index in [2.05, 4.69) is 43.8 Å². The summed E-state index contributed by atoms with van der Waals surface area (Å²) < 4.78 is 1.72. The van der Waals surface area contributed by atoms with E-state index in [1.54, 1.807) is 6.07 Å². The fourth-order valence-corrected chi connectivity index (χ4v) is 2.75. The van der Waals surface area contributed by atoms with Crippen LogP contribution in [0.1, 0.15) is 22.0 Å². The second-order valence-corrected chi connectivity index (χ2v) is 6.34. The highest BCUT2D eigenvalue weighted by atomic mass is 127. The van der Waals surface area contributed by atoms with Crippen molar-refractivity contribution in [1.29, 1.82) is 0 Å². The molecule has 0 aliphatic carbocycles. The molecule has 1 amide bonds. The molecule has 2 aromatic rings. The molecule has 0 unspecified atom stereocenters. The summed E-state index contributed by atoms with van der Waals surface area (Å²) in [6.07, 6.45) is 0. The second kappa shape index (κ2) is 7.19. The Bertz CT molecular complexity index is 604. The van der Waals surface area contributed by atoms with E-state index in [0.29, 0.717) is 5.56 Å². The Morgan fingerprint density at radius 3 is 2.60 bits per heavy atom. The molecule has 5 heteroatoms. The molecular weight excluding hydrogens is 433 g/mol. The van der Waals surface area contributed by atoms with E-state index in [1.807, 2.05) is 42.5 Å². The van der Waals surface area contributed by atoms with Gasteiger partial charge in [0.2, 0.25) is 0 Å². The van der Waals surface area contributed by atoms with Gasteiger partial charge in [0, 0.05) is 8.04 Å². The van der Waals surface area contributed by atoms with E-state index in [4.69, 9.17) is 0 Å². The second-order valence-electron chi connectivity index (χ2n) is 4.24. The van der Waals surface area contributed by atoms with Crippen LogP contribution in [0, 0.1) is 3.57 Å². The van der Waals surface area contributed by atoms with Crippen LogP contribution < -0.4 is 5.32 Å². The quantitative estimate of drug-likeness (QED) is 0.707. The fraction of sp³-hybridized carbons (Fsp3) is 0.133. The van der Waals surface area contributed by atoms with Crippen molar-refractivity contribution in [2.75, 3.05) is 6.61 Å². The molecule has 0 aliphatic heterocycles. The molecular formula is C15H13BrINO2. The maximum absolute atomic E-state index is 12.3. The lowest BCUT2D eigenvalue weighted by Gasteiger charge is -2.17. The molecule has 2 N–H and O–H groups in total. The molecule has 0 radical (unpaired) electrons. The topological polar surface area (TPSA) is 49.3 Å². The van der Waals surface area contributed by atoms with Crippen LogP contribution in [0.5, 0.6) is 0 Å². The molecule has 0 saturated carbocycles. The molecule has 0 spiro atoms. The van der Waals surface area contributed by atoms with E-state index >= 15 is 0 Å². The van der Waals surface area contributed by atoms with Gasteiger partial charge in [0.25, 0.3) is 5.91 Å². The number of hydrogen-bond donors (Lipinski definition) is 2. The molecule has 0 aromatic heterocycles. The summed E-state index contributed by atoms with van der Waals surface area (Å²) in [4.78, 5) is 12.3. The van der Waals surface area contributed by atoms with Crippen LogP contribution in [0.15, 0.2) is 53.0 Å². The highest BCUT2D eigenvalue weighted by Gasteiger charge is 2.16. The number of nitrogens with one attached hydrogen (secondary N) is 1. The average molecular weight is 446 g/mol. The first-order chi connectivity index (χ1) is 9.61. The van der Waals surface area contributed by atoms with Crippen molar-refractivity contribution in [2.24, 2.45) is 0 Å². The molecule has 0 bridgehead atoms. The maximum atomic E-state index is 12.3. The number of aliphatic hydroxyl groups is 1. The molecule has 1 atom stereocenters. The summed E-state index contributed by atoms with van der Waals surface area (Å²) in [6, 6.07) is 14.6. The number of amides is 1. The highest BCUT2D eigenvalue weighted by molar-refractivity contribution is 14.1. The number of hydrogen-bond acceptors (Lipinski definition) is 2. The van der Waals surface area contributed by atoms with Gasteiger partial charge in [-0.15, -0.1) is 0 Å². The van der Waals surface area contributed by atoms with E-state index in [9.17, 15) is 9.90 Å². The van der Waals surface area contributed by atoms with Crippen LogP contribution in [-0.2, 0) is 0 Å². The monoisotopic (exact) mass is 445 g/mol. The number of rotatable bonds is 4. The summed E-state index contributed by atoms with van der Waals surface area (Å²) in [5.41, 5.74) is 1.44. The first-order valence-electron chi connectivity index (χ1n) is 6.03. The van der Waals surface area contributed by atoms with Crippen molar-refractivity contribution in [3.8, 4) is 0 Å². The molecule has 0 heterocycles. The molecule has 0 saturated heterocycles. The van der Waals surface area contributed by atoms with Crippen molar-refractivity contribution >= 4 is 44.4 Å². The maximum Gasteiger partial charge on any atom is 0.253 e. The van der Waals surface area contributed by atoms with Gasteiger partial charge in [0.15, 0.2) is 0 Å². The number of benzene rings is 2. The molecule has 2 rings (SSSR count). The van der Waals surface area contributed by atoms with Crippen molar-refractivity contribution in [2.45, 2.75) is 6.04 Å². The minimum Gasteiger partial charge on any atom is -0.394 e. The highest BCUT2D eigenvalue weighted by Crippen LogP contribution is 2.21. The minimum atomic E-state index is -0.409. The van der Waals surface area contributed by atoms with Crippen LogP contribution in [0.3, 0.4) is 0 Å². The third-order valence-corrected chi connectivity index (χ3v) is 4.23. The van der Waals surface area contributed by atoms with Crippen molar-refractivity contribution in [1.82, 2.24) is 5.32 Å². The summed E-state index contributed by atoms with van der Waals surface area (Å²) >= 11 is 5.53. The van der Waals surface area contributed by atoms with Crippen molar-refractivity contribution < 1.29 is 9.90 Å². The smallest absolute Gasteiger partial charge is 0.253 e. The first-order valence-corrected chi connectivity index (χ1v) is 7.90. The summed E-state index contributed by atoms with van der Waals surface area (Å²) in [5.74, 6) is -0.210. The number of aliphatic hydroxyl groups excluding tert-OH is 1. The van der Waals surface area contributed by atoms with Gasteiger partial charge in [-0.3, -0.25) is 4.79 Å². The van der Waals surface area contributed by atoms with Gasteiger partial charge < -0.3 is 10.4 Å². The molecule has 2 aromatic carbocycles. The van der Waals surface area contributed by atoms with Gasteiger partial charge >= 0.3 is 0 Å². The Morgan fingerprint density at radius 1 is 1.25 bits per heavy atom. The lowest BCUT2D eigenvalue weighted by atomic mass is 10.1. The molecule has 0 aliphatic rings. The predicted octanol–water partition coefficient (Wildman–Crippen LogP) is 3.52. The summed E-state index contributed by atoms with van der Waals surface area (Å²) in [5, 5.41) is 12.3. The number of halogens is 2. The predicted molar refractivity (Wildman–Crippen MR) is 90.6 cm³/mol. The van der Waals surface area contributed by atoms with Gasteiger partial charge in [-0.25, -0.2) is 0 Å². The van der Waals surface area contributed by atoms with Crippen LogP contribution in [0.25, 0.3) is 0 Å². The first kappa shape index (κ1) is 15.5. The Hall–Kier alpha value is -0.920. The normalized spacial score (nSPS) is 11.9. The fourth-order valence-electron chi connectivity index (χ4n) is 1.83. The zero-order valence-corrected chi connectivity index (χ0v) is 14.3. The number of carbonyl (C=O) groups is 1. The van der Waals surface area contributed by atoms with Crippen LogP contribution >= 0.6 is 38.5 Å². The molecule has 0 fully saturated rings. The molecule has 104 valence electrons. The standard InChI is InChI=1S/C15H13BrINO2/c16-13-7-6-11(17)8-12(13)15(20)18-14(9-19)10-4-2-1-3-5-10/h1-8,14,19H,9H2,(H,18,20)/t14-/m0/s1. The van der Waals surface area contributed by atoms with Crippen LogP contribution in [0.2, 0.25) is 0 Å². The van der Waals surface area contributed by atoms with E-state index in [1.165, 1.54) is 0 Å². The largest absolute Gasteiger partial charge is 0.394 e. The van der Waals surface area contributed by atoms with E-state index < -0.39 is 6.04 Å². The van der Waals surface area contributed by atoms with Crippen LogP contribution in [-0.4, -0.2) is 17.6 Å². The van der Waals surface area contributed by atoms with Gasteiger partial charge in [0.1, 0.15) is 0 Å². The van der Waals surface area contributed by atoms with Crippen LogP contribution in [0.4, 0.5) is 0 Å². The zero-order chi connectivity index (χ0) is 14.5. The third kappa shape index (κ3) is 3.80. The SMILES string of the molecule is O=C(N[C@@H](CO)c1ccccc1)c1cc(I)ccc1Br. The Kier molecular flexibility index (Phi) is 5.56. The Balaban J connectivity index is 2.20. The van der Waals surface area contributed by atoms with Crippen molar-refractivity contribution in [3.63, 3.8) is 0 Å². The Labute approximate surface area is 139 Å². The Morgan fingerprint density at radius 2 is 1.95 bits per heavy atom. The number of carbonyl (C=O) groups excluding carboxylic acids is 1. The third-order valence-electron chi connectivity index (χ3n) is 2.86. The van der Waals surface area contributed by atoms with Gasteiger partial charge in [-0.05, 0) is 62.3 Å². The van der Waals surface area contributed by atoms with Gasteiger partial charge in [-0.2, -0.15) is 0 Å². The average Bonchev–Trinajstić information content (AvgIpc) is 2.48. The summed E-state index contributed by atoms with van der Waals surface area (Å²) in [6.45, 7) is -0.142. The minimum absolute atomic E-state index is 0.142. The molecule has 3 nitrogen and oxygen atoms in total. The summed E-state index contributed by atoms with van der Waals surface area (Å²) in [7, 11) is 0. The zero-order valence-electron chi connectivity index (χ0n) is 10.5.